The van der Waals surface area contributed by atoms with Crippen LogP contribution in [0.3, 0.4) is 0 Å². The molecule has 1 aliphatic rings. The molecule has 1 aromatic rings. The number of hydrogen-bond acceptors (Lipinski definition) is 3. The van der Waals surface area contributed by atoms with Gasteiger partial charge in [0.05, 0.1) is 6.26 Å². The summed E-state index contributed by atoms with van der Waals surface area (Å²) in [5, 5.41) is 3.38. The van der Waals surface area contributed by atoms with Crippen molar-refractivity contribution >= 4 is 41.7 Å². The van der Waals surface area contributed by atoms with Crippen molar-refractivity contribution in [3.05, 3.63) is 24.2 Å². The first-order chi connectivity index (χ1) is 9.11. The van der Waals surface area contributed by atoms with Crippen molar-refractivity contribution in [2.24, 2.45) is 4.99 Å². The number of halogens is 1. The Balaban J connectivity index is 0.00000200. The molecule has 1 aliphatic heterocycles. The van der Waals surface area contributed by atoms with Gasteiger partial charge in [-0.25, -0.2) is 4.99 Å². The number of furan rings is 1. The minimum atomic E-state index is 0. The Morgan fingerprint density at radius 1 is 1.55 bits per heavy atom. The van der Waals surface area contributed by atoms with Gasteiger partial charge >= 0.3 is 0 Å². The average Bonchev–Trinajstić information content (AvgIpc) is 2.86. The Morgan fingerprint density at radius 2 is 2.35 bits per heavy atom. The van der Waals surface area contributed by atoms with Gasteiger partial charge in [-0.05, 0) is 32.9 Å². The fourth-order valence-electron chi connectivity index (χ4n) is 2.18. The van der Waals surface area contributed by atoms with Gasteiger partial charge in [-0.1, -0.05) is 0 Å². The maximum Gasteiger partial charge on any atom is 0.194 e. The standard InChI is InChI=1S/C14H23N3OS.HI/c1-4-15-13(16-10-12-6-5-8-18-12)17-7-9-19-14(2,3)11-17;/h5-6,8H,4,7,9-11H2,1-3H3,(H,15,16);1H. The molecule has 0 radical (unpaired) electrons. The number of guanidine groups is 1. The van der Waals surface area contributed by atoms with E-state index >= 15 is 0 Å². The van der Waals surface area contributed by atoms with Crippen LogP contribution in [0.15, 0.2) is 27.8 Å². The van der Waals surface area contributed by atoms with Crippen LogP contribution >= 0.6 is 35.7 Å². The van der Waals surface area contributed by atoms with Gasteiger partial charge in [0.25, 0.3) is 0 Å². The van der Waals surface area contributed by atoms with Crippen molar-refractivity contribution in [3.63, 3.8) is 0 Å². The minimum Gasteiger partial charge on any atom is -0.467 e. The Labute approximate surface area is 142 Å². The Hall–Kier alpha value is -0.370. The van der Waals surface area contributed by atoms with Gasteiger partial charge in [-0.2, -0.15) is 11.8 Å². The third-order valence-electron chi connectivity index (χ3n) is 3.02. The fraction of sp³-hybridized carbons (Fsp3) is 0.643. The SMILES string of the molecule is CCNC(=NCc1ccco1)N1CCSC(C)(C)C1.I. The molecule has 1 N–H and O–H groups in total. The van der Waals surface area contributed by atoms with E-state index < -0.39 is 0 Å². The molecule has 2 heterocycles. The number of rotatable bonds is 3. The summed E-state index contributed by atoms with van der Waals surface area (Å²) in [5.41, 5.74) is 0. The van der Waals surface area contributed by atoms with Crippen molar-refractivity contribution in [1.82, 2.24) is 10.2 Å². The summed E-state index contributed by atoms with van der Waals surface area (Å²) in [4.78, 5) is 7.02. The lowest BCUT2D eigenvalue weighted by atomic mass is 10.2. The maximum absolute atomic E-state index is 5.33. The number of hydrogen-bond donors (Lipinski definition) is 1. The molecule has 0 atom stereocenters. The van der Waals surface area contributed by atoms with Gasteiger partial charge in [0.1, 0.15) is 12.3 Å². The topological polar surface area (TPSA) is 40.8 Å². The van der Waals surface area contributed by atoms with Gasteiger partial charge < -0.3 is 14.6 Å². The van der Waals surface area contributed by atoms with E-state index in [0.717, 1.165) is 37.1 Å². The predicted octanol–water partition coefficient (Wildman–Crippen LogP) is 3.19. The maximum atomic E-state index is 5.33. The molecular weight excluding hydrogens is 385 g/mol. The summed E-state index contributed by atoms with van der Waals surface area (Å²) in [7, 11) is 0. The highest BCUT2D eigenvalue weighted by molar-refractivity contribution is 14.0. The van der Waals surface area contributed by atoms with E-state index in [1.807, 2.05) is 23.9 Å². The van der Waals surface area contributed by atoms with Gasteiger partial charge in [0.2, 0.25) is 0 Å². The van der Waals surface area contributed by atoms with Crippen LogP contribution in [0.1, 0.15) is 26.5 Å². The average molecular weight is 409 g/mol. The molecule has 114 valence electrons. The summed E-state index contributed by atoms with van der Waals surface area (Å²) >= 11 is 2.03. The second kappa shape index (κ2) is 8.17. The first kappa shape index (κ1) is 17.7. The molecule has 0 spiro atoms. The molecule has 0 amide bonds. The second-order valence-corrected chi connectivity index (χ2v) is 7.08. The number of aliphatic imine (C=N–C) groups is 1. The van der Waals surface area contributed by atoms with Crippen LogP contribution in [0.25, 0.3) is 0 Å². The molecular formula is C14H24IN3OS. The van der Waals surface area contributed by atoms with Crippen molar-refractivity contribution < 1.29 is 4.42 Å². The highest BCUT2D eigenvalue weighted by Gasteiger charge is 2.28. The third-order valence-corrected chi connectivity index (χ3v) is 4.32. The van der Waals surface area contributed by atoms with Gasteiger partial charge in [0.15, 0.2) is 5.96 Å². The Bertz CT molecular complexity index is 420. The molecule has 0 saturated carbocycles. The summed E-state index contributed by atoms with van der Waals surface area (Å²) in [6.07, 6.45) is 1.69. The van der Waals surface area contributed by atoms with Crippen molar-refractivity contribution in [1.29, 1.82) is 0 Å². The molecule has 0 aromatic carbocycles. The van der Waals surface area contributed by atoms with Gasteiger partial charge in [0, 0.05) is 30.1 Å². The Kier molecular flexibility index (Phi) is 7.22. The number of thioether (sulfide) groups is 1. The van der Waals surface area contributed by atoms with Crippen LogP contribution in [-0.2, 0) is 6.54 Å². The van der Waals surface area contributed by atoms with Crippen LogP contribution in [0.5, 0.6) is 0 Å². The van der Waals surface area contributed by atoms with Gasteiger partial charge in [-0.15, -0.1) is 24.0 Å². The zero-order chi connectivity index (χ0) is 13.7. The van der Waals surface area contributed by atoms with E-state index in [4.69, 9.17) is 4.42 Å². The zero-order valence-corrected chi connectivity index (χ0v) is 15.5. The number of nitrogens with one attached hydrogen (secondary N) is 1. The van der Waals surface area contributed by atoms with E-state index in [-0.39, 0.29) is 24.0 Å². The predicted molar refractivity (Wildman–Crippen MR) is 97.0 cm³/mol. The lowest BCUT2D eigenvalue weighted by Crippen LogP contribution is -2.50. The monoisotopic (exact) mass is 409 g/mol. The molecule has 0 bridgehead atoms. The molecule has 1 aromatic heterocycles. The van der Waals surface area contributed by atoms with Crippen LogP contribution < -0.4 is 5.32 Å². The smallest absolute Gasteiger partial charge is 0.194 e. The number of nitrogens with zero attached hydrogens (tertiary/aromatic N) is 2. The summed E-state index contributed by atoms with van der Waals surface area (Å²) in [6, 6.07) is 3.86. The highest BCUT2D eigenvalue weighted by Crippen LogP contribution is 2.29. The second-order valence-electron chi connectivity index (χ2n) is 5.28. The van der Waals surface area contributed by atoms with Crippen LogP contribution in [0.2, 0.25) is 0 Å². The third kappa shape index (κ3) is 5.20. The van der Waals surface area contributed by atoms with Crippen LogP contribution in [-0.4, -0.2) is 41.0 Å². The zero-order valence-electron chi connectivity index (χ0n) is 12.4. The molecule has 1 fully saturated rings. The summed E-state index contributed by atoms with van der Waals surface area (Å²) < 4.78 is 5.62. The summed E-state index contributed by atoms with van der Waals surface area (Å²) in [6.45, 7) is 10.3. The quantitative estimate of drug-likeness (QED) is 0.473. The summed E-state index contributed by atoms with van der Waals surface area (Å²) in [5.74, 6) is 3.05. The van der Waals surface area contributed by atoms with Crippen LogP contribution in [0, 0.1) is 0 Å². The normalized spacial score (nSPS) is 18.6. The Morgan fingerprint density at radius 3 is 2.95 bits per heavy atom. The lowest BCUT2D eigenvalue weighted by molar-refractivity contribution is 0.375. The van der Waals surface area contributed by atoms with E-state index in [9.17, 15) is 0 Å². The van der Waals surface area contributed by atoms with Crippen LogP contribution in [0.4, 0.5) is 0 Å². The lowest BCUT2D eigenvalue weighted by Gasteiger charge is -2.39. The minimum absolute atomic E-state index is 0. The molecule has 20 heavy (non-hydrogen) atoms. The van der Waals surface area contributed by atoms with E-state index in [2.05, 4.69) is 36.0 Å². The molecule has 4 nitrogen and oxygen atoms in total. The van der Waals surface area contributed by atoms with Crippen molar-refractivity contribution in [3.8, 4) is 0 Å². The molecule has 6 heteroatoms. The van der Waals surface area contributed by atoms with E-state index in [1.165, 1.54) is 0 Å². The first-order valence-corrected chi connectivity index (χ1v) is 7.79. The molecule has 2 rings (SSSR count). The largest absolute Gasteiger partial charge is 0.467 e. The van der Waals surface area contributed by atoms with Gasteiger partial charge in [-0.3, -0.25) is 0 Å². The fourth-order valence-corrected chi connectivity index (χ4v) is 3.29. The van der Waals surface area contributed by atoms with Crippen molar-refractivity contribution in [2.45, 2.75) is 32.1 Å². The molecule has 0 aliphatic carbocycles. The molecule has 0 unspecified atom stereocenters. The van der Waals surface area contributed by atoms with E-state index in [0.29, 0.717) is 11.3 Å². The first-order valence-electron chi connectivity index (χ1n) is 6.80. The highest BCUT2D eigenvalue weighted by atomic mass is 127. The van der Waals surface area contributed by atoms with Crippen molar-refractivity contribution in [2.75, 3.05) is 25.4 Å². The molecule has 1 saturated heterocycles. The van der Waals surface area contributed by atoms with E-state index in [1.54, 1.807) is 6.26 Å².